The zero-order chi connectivity index (χ0) is 15.2. The highest BCUT2D eigenvalue weighted by Gasteiger charge is 2.14. The third-order valence-electron chi connectivity index (χ3n) is 2.69. The standard InChI is InChI=1S/C12H15F2N5O2/c1-20-10-6-8(15)2-3-9(10)12-16-17-18-19(12)4-5-21-7-11(13)14/h2-3,6,11H,4-5,7,15H2,1H3. The maximum atomic E-state index is 12.0. The van der Waals surface area contributed by atoms with Crippen molar-refractivity contribution in [2.75, 3.05) is 26.1 Å². The van der Waals surface area contributed by atoms with Crippen LogP contribution in [0.25, 0.3) is 11.4 Å². The van der Waals surface area contributed by atoms with Gasteiger partial charge in [-0.15, -0.1) is 5.10 Å². The van der Waals surface area contributed by atoms with Crippen LogP contribution in [-0.2, 0) is 11.3 Å². The molecule has 0 atom stereocenters. The lowest BCUT2D eigenvalue weighted by molar-refractivity contribution is 0.0140. The maximum absolute atomic E-state index is 12.0. The van der Waals surface area contributed by atoms with Crippen LogP contribution in [0.1, 0.15) is 0 Å². The topological polar surface area (TPSA) is 88.1 Å². The Morgan fingerprint density at radius 3 is 2.90 bits per heavy atom. The molecule has 21 heavy (non-hydrogen) atoms. The van der Waals surface area contributed by atoms with Crippen LogP contribution in [0.4, 0.5) is 14.5 Å². The van der Waals surface area contributed by atoms with E-state index in [-0.39, 0.29) is 13.2 Å². The first-order valence-corrected chi connectivity index (χ1v) is 6.17. The van der Waals surface area contributed by atoms with Gasteiger partial charge in [-0.1, -0.05) is 0 Å². The van der Waals surface area contributed by atoms with Crippen molar-refractivity contribution in [2.24, 2.45) is 0 Å². The van der Waals surface area contributed by atoms with Crippen LogP contribution in [0.15, 0.2) is 18.2 Å². The minimum absolute atomic E-state index is 0.0830. The number of nitrogen functional groups attached to an aromatic ring is 1. The number of anilines is 1. The molecule has 2 aromatic rings. The summed E-state index contributed by atoms with van der Waals surface area (Å²) in [6.45, 7) is -0.273. The first-order valence-electron chi connectivity index (χ1n) is 6.17. The quantitative estimate of drug-likeness (QED) is 0.611. The molecule has 0 unspecified atom stereocenters. The van der Waals surface area contributed by atoms with Gasteiger partial charge in [-0.25, -0.2) is 13.5 Å². The third-order valence-corrected chi connectivity index (χ3v) is 2.69. The Kier molecular flexibility index (Phi) is 4.99. The number of rotatable bonds is 7. The van der Waals surface area contributed by atoms with Gasteiger partial charge >= 0.3 is 0 Å². The molecule has 114 valence electrons. The first kappa shape index (κ1) is 15.1. The van der Waals surface area contributed by atoms with Gasteiger partial charge in [0.1, 0.15) is 12.4 Å². The van der Waals surface area contributed by atoms with Crippen molar-refractivity contribution in [3.8, 4) is 17.1 Å². The van der Waals surface area contributed by atoms with Crippen molar-refractivity contribution in [1.82, 2.24) is 20.2 Å². The molecule has 2 rings (SSSR count). The predicted octanol–water partition coefficient (Wildman–Crippen LogP) is 1.21. The zero-order valence-electron chi connectivity index (χ0n) is 11.4. The van der Waals surface area contributed by atoms with E-state index in [9.17, 15) is 8.78 Å². The zero-order valence-corrected chi connectivity index (χ0v) is 11.4. The van der Waals surface area contributed by atoms with E-state index >= 15 is 0 Å². The molecule has 0 bridgehead atoms. The highest BCUT2D eigenvalue weighted by molar-refractivity contribution is 5.67. The average molecular weight is 299 g/mol. The Balaban J connectivity index is 2.13. The largest absolute Gasteiger partial charge is 0.496 e. The molecule has 7 nitrogen and oxygen atoms in total. The van der Waals surface area contributed by atoms with Crippen molar-refractivity contribution < 1.29 is 18.3 Å². The van der Waals surface area contributed by atoms with Crippen molar-refractivity contribution in [3.05, 3.63) is 18.2 Å². The summed E-state index contributed by atoms with van der Waals surface area (Å²) in [6, 6.07) is 5.09. The second-order valence-electron chi connectivity index (χ2n) is 4.15. The molecule has 1 aromatic carbocycles. The molecule has 0 spiro atoms. The number of methoxy groups -OCH3 is 1. The lowest BCUT2D eigenvalue weighted by atomic mass is 10.1. The van der Waals surface area contributed by atoms with Gasteiger partial charge in [0.2, 0.25) is 0 Å². The van der Waals surface area contributed by atoms with Gasteiger partial charge in [-0.3, -0.25) is 0 Å². The smallest absolute Gasteiger partial charge is 0.261 e. The number of benzene rings is 1. The van der Waals surface area contributed by atoms with E-state index in [0.29, 0.717) is 22.8 Å². The number of aromatic nitrogens is 4. The van der Waals surface area contributed by atoms with Crippen molar-refractivity contribution in [2.45, 2.75) is 13.0 Å². The summed E-state index contributed by atoms with van der Waals surface area (Å²) in [6.07, 6.45) is -2.49. The van der Waals surface area contributed by atoms with E-state index in [1.165, 1.54) is 11.8 Å². The molecule has 0 amide bonds. The summed E-state index contributed by atoms with van der Waals surface area (Å²) in [5.41, 5.74) is 6.90. The first-order chi connectivity index (χ1) is 10.1. The van der Waals surface area contributed by atoms with Crippen LogP contribution in [-0.4, -0.2) is 47.0 Å². The normalized spacial score (nSPS) is 11.0. The van der Waals surface area contributed by atoms with Crippen LogP contribution in [0, 0.1) is 0 Å². The number of hydrogen-bond acceptors (Lipinski definition) is 6. The maximum Gasteiger partial charge on any atom is 0.261 e. The van der Waals surface area contributed by atoms with Gasteiger partial charge in [0, 0.05) is 11.8 Å². The molecule has 0 fully saturated rings. The Morgan fingerprint density at radius 1 is 1.38 bits per heavy atom. The fraction of sp³-hybridized carbons (Fsp3) is 0.417. The minimum atomic E-state index is -2.49. The SMILES string of the molecule is COc1cc(N)ccc1-c1nnnn1CCOCC(F)F. The van der Waals surface area contributed by atoms with Gasteiger partial charge in [0.15, 0.2) is 5.82 Å². The molecule has 0 aliphatic carbocycles. The van der Waals surface area contributed by atoms with Crippen molar-refractivity contribution in [1.29, 1.82) is 0 Å². The van der Waals surface area contributed by atoms with Crippen molar-refractivity contribution in [3.63, 3.8) is 0 Å². The molecule has 0 aliphatic rings. The van der Waals surface area contributed by atoms with E-state index in [1.54, 1.807) is 18.2 Å². The third kappa shape index (κ3) is 3.85. The van der Waals surface area contributed by atoms with E-state index in [4.69, 9.17) is 15.2 Å². The minimum Gasteiger partial charge on any atom is -0.496 e. The second kappa shape index (κ2) is 6.93. The lowest BCUT2D eigenvalue weighted by Crippen LogP contribution is -2.12. The summed E-state index contributed by atoms with van der Waals surface area (Å²) in [7, 11) is 1.51. The van der Waals surface area contributed by atoms with E-state index < -0.39 is 13.0 Å². The summed E-state index contributed by atoms with van der Waals surface area (Å²) in [5, 5.41) is 11.3. The summed E-state index contributed by atoms with van der Waals surface area (Å²) in [4.78, 5) is 0. The summed E-state index contributed by atoms with van der Waals surface area (Å²) in [5.74, 6) is 0.979. The van der Waals surface area contributed by atoms with Crippen LogP contribution in [0.3, 0.4) is 0 Å². The number of ether oxygens (including phenoxy) is 2. The number of alkyl halides is 2. The molecule has 0 aliphatic heterocycles. The average Bonchev–Trinajstić information content (AvgIpc) is 2.91. The molecular formula is C12H15F2N5O2. The number of tetrazole rings is 1. The van der Waals surface area contributed by atoms with E-state index in [1.807, 2.05) is 0 Å². The molecule has 0 saturated heterocycles. The van der Waals surface area contributed by atoms with Gasteiger partial charge in [0.25, 0.3) is 6.43 Å². The molecule has 0 radical (unpaired) electrons. The molecule has 1 aromatic heterocycles. The molecular weight excluding hydrogens is 284 g/mol. The Morgan fingerprint density at radius 2 is 2.19 bits per heavy atom. The Labute approximate surface area is 119 Å². The number of hydrogen-bond donors (Lipinski definition) is 1. The molecule has 1 heterocycles. The molecule has 9 heteroatoms. The second-order valence-corrected chi connectivity index (χ2v) is 4.15. The van der Waals surface area contributed by atoms with E-state index in [2.05, 4.69) is 15.5 Å². The monoisotopic (exact) mass is 299 g/mol. The lowest BCUT2D eigenvalue weighted by Gasteiger charge is -2.09. The highest BCUT2D eigenvalue weighted by Crippen LogP contribution is 2.29. The van der Waals surface area contributed by atoms with Crippen LogP contribution in [0.5, 0.6) is 5.75 Å². The number of nitrogens with two attached hydrogens (primary N) is 1. The number of halogens is 2. The highest BCUT2D eigenvalue weighted by atomic mass is 19.3. The number of nitrogens with zero attached hydrogens (tertiary/aromatic N) is 4. The summed E-state index contributed by atoms with van der Waals surface area (Å²) >= 11 is 0. The van der Waals surface area contributed by atoms with Gasteiger partial charge in [-0.2, -0.15) is 0 Å². The Bertz CT molecular complexity index is 591. The van der Waals surface area contributed by atoms with Crippen LogP contribution in [0.2, 0.25) is 0 Å². The molecule has 2 N–H and O–H groups in total. The van der Waals surface area contributed by atoms with Gasteiger partial charge in [0.05, 0.1) is 25.8 Å². The predicted molar refractivity (Wildman–Crippen MR) is 71.0 cm³/mol. The Hall–Kier alpha value is -2.29. The summed E-state index contributed by atoms with van der Waals surface area (Å²) < 4.78 is 35.5. The van der Waals surface area contributed by atoms with Gasteiger partial charge in [-0.05, 0) is 22.6 Å². The molecule has 0 saturated carbocycles. The fourth-order valence-electron chi connectivity index (χ4n) is 1.76. The van der Waals surface area contributed by atoms with Crippen molar-refractivity contribution >= 4 is 5.69 Å². The van der Waals surface area contributed by atoms with Gasteiger partial charge < -0.3 is 15.2 Å². The van der Waals surface area contributed by atoms with E-state index in [0.717, 1.165) is 0 Å². The fourth-order valence-corrected chi connectivity index (χ4v) is 1.76. The van der Waals surface area contributed by atoms with Crippen LogP contribution >= 0.6 is 0 Å². The van der Waals surface area contributed by atoms with Crippen LogP contribution < -0.4 is 10.5 Å².